The average molecular weight is 198 g/mol. The van der Waals surface area contributed by atoms with Crippen molar-refractivity contribution in [1.29, 1.82) is 0 Å². The topological polar surface area (TPSA) is 70.7 Å². The Morgan fingerprint density at radius 3 is 3.23 bits per heavy atom. The van der Waals surface area contributed by atoms with Gasteiger partial charge in [0, 0.05) is 18.2 Å². The van der Waals surface area contributed by atoms with Crippen LogP contribution in [-0.2, 0) is 4.79 Å². The molecule has 0 saturated carbocycles. The molecule has 0 aliphatic carbocycles. The molecule has 1 aromatic heterocycles. The van der Waals surface area contributed by atoms with Gasteiger partial charge in [-0.2, -0.15) is 10.3 Å². The van der Waals surface area contributed by atoms with E-state index in [0.717, 1.165) is 17.2 Å². The fourth-order valence-corrected chi connectivity index (χ4v) is 2.10. The maximum Gasteiger partial charge on any atom is 0.220 e. The molecule has 0 bridgehead atoms. The second kappa shape index (κ2) is 3.78. The third-order valence-corrected chi connectivity index (χ3v) is 2.97. The molecule has 13 heavy (non-hydrogen) atoms. The first kappa shape index (κ1) is 8.55. The monoisotopic (exact) mass is 198 g/mol. The van der Waals surface area contributed by atoms with E-state index < -0.39 is 0 Å². The average Bonchev–Trinajstić information content (AvgIpc) is 2.71. The van der Waals surface area contributed by atoms with E-state index in [1.165, 1.54) is 0 Å². The number of hydrogen-bond acceptors (Lipinski definition) is 4. The van der Waals surface area contributed by atoms with Crippen molar-refractivity contribution in [2.24, 2.45) is 0 Å². The van der Waals surface area contributed by atoms with E-state index in [-0.39, 0.29) is 5.91 Å². The van der Waals surface area contributed by atoms with E-state index in [0.29, 0.717) is 12.5 Å². The van der Waals surface area contributed by atoms with Crippen molar-refractivity contribution in [1.82, 2.24) is 20.7 Å². The Bertz CT molecular complexity index is 287. The number of hydrogen-bond donors (Lipinski definition) is 2. The standard InChI is InChI=1S/C7H10N4OS/c12-6-2-1-5(9-6)4-13-7-3-8-11-10-7/h3,5H,1-2,4H2,(H,9,12)(H,8,10,11). The number of carbonyl (C=O) groups is 1. The third kappa shape index (κ3) is 2.21. The minimum Gasteiger partial charge on any atom is -0.353 e. The largest absolute Gasteiger partial charge is 0.353 e. The number of aromatic nitrogens is 3. The van der Waals surface area contributed by atoms with Crippen LogP contribution in [0.2, 0.25) is 0 Å². The van der Waals surface area contributed by atoms with Gasteiger partial charge in [-0.25, -0.2) is 0 Å². The lowest BCUT2D eigenvalue weighted by Crippen LogP contribution is -2.27. The zero-order valence-electron chi connectivity index (χ0n) is 6.99. The summed E-state index contributed by atoms with van der Waals surface area (Å²) in [5, 5.41) is 13.9. The summed E-state index contributed by atoms with van der Waals surface area (Å²) in [6.07, 6.45) is 3.27. The number of H-pyrrole nitrogens is 1. The molecule has 0 aromatic carbocycles. The summed E-state index contributed by atoms with van der Waals surface area (Å²) < 4.78 is 0. The molecule has 1 aromatic rings. The Morgan fingerprint density at radius 2 is 2.62 bits per heavy atom. The fraction of sp³-hybridized carbons (Fsp3) is 0.571. The van der Waals surface area contributed by atoms with Gasteiger partial charge in [0.15, 0.2) is 0 Å². The fourth-order valence-electron chi connectivity index (χ4n) is 1.25. The van der Waals surface area contributed by atoms with Gasteiger partial charge in [-0.15, -0.1) is 16.9 Å². The van der Waals surface area contributed by atoms with E-state index in [4.69, 9.17) is 0 Å². The van der Waals surface area contributed by atoms with E-state index in [9.17, 15) is 4.79 Å². The van der Waals surface area contributed by atoms with Crippen molar-refractivity contribution in [2.45, 2.75) is 23.9 Å². The molecule has 1 atom stereocenters. The quantitative estimate of drug-likeness (QED) is 0.679. The lowest BCUT2D eigenvalue weighted by Gasteiger charge is -2.06. The van der Waals surface area contributed by atoms with Crippen LogP contribution in [0.25, 0.3) is 0 Å². The van der Waals surface area contributed by atoms with Gasteiger partial charge in [0.1, 0.15) is 5.03 Å². The summed E-state index contributed by atoms with van der Waals surface area (Å²) in [6, 6.07) is 0.300. The van der Waals surface area contributed by atoms with Crippen molar-refractivity contribution in [2.75, 3.05) is 5.75 Å². The highest BCUT2D eigenvalue weighted by atomic mass is 32.2. The number of nitrogens with one attached hydrogen (secondary N) is 2. The Kier molecular flexibility index (Phi) is 2.49. The third-order valence-electron chi connectivity index (χ3n) is 1.91. The summed E-state index contributed by atoms with van der Waals surface area (Å²) in [4.78, 5) is 10.9. The van der Waals surface area contributed by atoms with Crippen molar-refractivity contribution in [3.8, 4) is 0 Å². The molecule has 1 saturated heterocycles. The molecule has 0 spiro atoms. The summed E-state index contributed by atoms with van der Waals surface area (Å²) in [6.45, 7) is 0. The highest BCUT2D eigenvalue weighted by Gasteiger charge is 2.20. The molecule has 1 fully saturated rings. The molecule has 0 radical (unpaired) electrons. The maximum absolute atomic E-state index is 10.9. The van der Waals surface area contributed by atoms with Crippen LogP contribution in [0, 0.1) is 0 Å². The lowest BCUT2D eigenvalue weighted by molar-refractivity contribution is -0.119. The molecule has 6 heteroatoms. The summed E-state index contributed by atoms with van der Waals surface area (Å²) in [5.74, 6) is 1.03. The van der Waals surface area contributed by atoms with Crippen molar-refractivity contribution >= 4 is 17.7 Å². The van der Waals surface area contributed by atoms with Gasteiger partial charge in [0.25, 0.3) is 0 Å². The molecule has 1 amide bonds. The second-order valence-corrected chi connectivity index (χ2v) is 3.96. The van der Waals surface area contributed by atoms with E-state index in [1.807, 2.05) is 0 Å². The summed E-state index contributed by atoms with van der Waals surface area (Å²) >= 11 is 1.61. The first-order valence-electron chi connectivity index (χ1n) is 4.12. The molecule has 70 valence electrons. The van der Waals surface area contributed by atoms with Crippen LogP contribution in [-0.4, -0.2) is 33.1 Å². The predicted molar refractivity (Wildman–Crippen MR) is 48.3 cm³/mol. The Balaban J connectivity index is 1.77. The van der Waals surface area contributed by atoms with Gasteiger partial charge in [-0.1, -0.05) is 0 Å². The Labute approximate surface area is 79.7 Å². The van der Waals surface area contributed by atoms with Crippen LogP contribution in [0.3, 0.4) is 0 Å². The molecule has 2 heterocycles. The first-order chi connectivity index (χ1) is 6.34. The second-order valence-electron chi connectivity index (χ2n) is 2.92. The van der Waals surface area contributed by atoms with Crippen molar-refractivity contribution < 1.29 is 4.79 Å². The van der Waals surface area contributed by atoms with E-state index in [1.54, 1.807) is 18.0 Å². The molecule has 1 aliphatic heterocycles. The first-order valence-corrected chi connectivity index (χ1v) is 5.11. The number of amides is 1. The minimum atomic E-state index is 0.158. The van der Waals surface area contributed by atoms with Crippen LogP contribution >= 0.6 is 11.8 Å². The van der Waals surface area contributed by atoms with Crippen LogP contribution in [0.5, 0.6) is 0 Å². The predicted octanol–water partition coefficient (Wildman–Crippen LogP) is 0.175. The zero-order valence-corrected chi connectivity index (χ0v) is 7.80. The molecule has 2 N–H and O–H groups in total. The van der Waals surface area contributed by atoms with E-state index >= 15 is 0 Å². The number of rotatable bonds is 3. The number of nitrogens with zero attached hydrogens (tertiary/aromatic N) is 2. The van der Waals surface area contributed by atoms with E-state index in [2.05, 4.69) is 20.7 Å². The van der Waals surface area contributed by atoms with Gasteiger partial charge in [-0.05, 0) is 6.42 Å². The molecule has 2 rings (SSSR count). The molecule has 1 aliphatic rings. The van der Waals surface area contributed by atoms with Crippen molar-refractivity contribution in [3.05, 3.63) is 6.20 Å². The van der Waals surface area contributed by atoms with Crippen LogP contribution in [0.4, 0.5) is 0 Å². The molecular weight excluding hydrogens is 188 g/mol. The number of thioether (sulfide) groups is 1. The summed E-state index contributed by atoms with van der Waals surface area (Å²) in [5.41, 5.74) is 0. The van der Waals surface area contributed by atoms with Gasteiger partial charge < -0.3 is 5.32 Å². The number of carbonyl (C=O) groups excluding carboxylic acids is 1. The minimum absolute atomic E-state index is 0.158. The van der Waals surface area contributed by atoms with Crippen molar-refractivity contribution in [3.63, 3.8) is 0 Å². The smallest absolute Gasteiger partial charge is 0.220 e. The van der Waals surface area contributed by atoms with Crippen LogP contribution in [0.1, 0.15) is 12.8 Å². The van der Waals surface area contributed by atoms with Gasteiger partial charge in [0.05, 0.1) is 6.20 Å². The molecular formula is C7H10N4OS. The van der Waals surface area contributed by atoms with Crippen LogP contribution in [0.15, 0.2) is 11.2 Å². The van der Waals surface area contributed by atoms with Gasteiger partial charge in [-0.3, -0.25) is 4.79 Å². The highest BCUT2D eigenvalue weighted by molar-refractivity contribution is 7.99. The zero-order chi connectivity index (χ0) is 9.10. The molecule has 5 nitrogen and oxygen atoms in total. The van der Waals surface area contributed by atoms with Gasteiger partial charge >= 0.3 is 0 Å². The normalized spacial score (nSPS) is 21.8. The summed E-state index contributed by atoms with van der Waals surface area (Å²) in [7, 11) is 0. The SMILES string of the molecule is O=C1CCC(CSc2cn[nH]n2)N1. The Hall–Kier alpha value is -1.04. The highest BCUT2D eigenvalue weighted by Crippen LogP contribution is 2.18. The molecule has 1 unspecified atom stereocenters. The lowest BCUT2D eigenvalue weighted by atomic mass is 10.2. The van der Waals surface area contributed by atoms with Crippen LogP contribution < -0.4 is 5.32 Å². The van der Waals surface area contributed by atoms with Gasteiger partial charge in [0.2, 0.25) is 5.91 Å². The Morgan fingerprint density at radius 1 is 1.69 bits per heavy atom. The number of aromatic amines is 1. The maximum atomic E-state index is 10.9.